The molecule has 3 nitrogen and oxygen atoms in total. The normalized spacial score (nSPS) is 12.3. The van der Waals surface area contributed by atoms with E-state index in [4.69, 9.17) is 0 Å². The monoisotopic (exact) mass is 201 g/mol. The molecule has 2 aromatic heterocycles. The molecule has 0 aromatic carbocycles. The van der Waals surface area contributed by atoms with Crippen molar-refractivity contribution in [3.05, 3.63) is 23.7 Å². The molecule has 0 aliphatic rings. The number of aryl methyl sites for hydroxylation is 1. The Morgan fingerprint density at radius 1 is 1.36 bits per heavy atom. The van der Waals surface area contributed by atoms with E-state index in [1.165, 1.54) is 6.20 Å². The molecule has 0 saturated heterocycles. The Labute approximate surface area is 77.0 Å². The molecule has 0 saturated carbocycles. The second kappa shape index (κ2) is 2.70. The molecule has 2 rings (SSSR count). The van der Waals surface area contributed by atoms with Crippen LogP contribution >= 0.6 is 0 Å². The first-order valence-electron chi connectivity index (χ1n) is 3.87. The number of pyridine rings is 1. The number of halogens is 3. The van der Waals surface area contributed by atoms with Gasteiger partial charge < -0.3 is 4.98 Å². The summed E-state index contributed by atoms with van der Waals surface area (Å²) in [6.45, 7) is 1.70. The Morgan fingerprint density at radius 2 is 2.07 bits per heavy atom. The van der Waals surface area contributed by atoms with Crippen molar-refractivity contribution in [2.24, 2.45) is 0 Å². The van der Waals surface area contributed by atoms with E-state index in [-0.39, 0.29) is 5.65 Å². The molecule has 6 heteroatoms. The van der Waals surface area contributed by atoms with E-state index in [2.05, 4.69) is 15.0 Å². The number of imidazole rings is 1. The molecule has 1 N–H and O–H groups in total. The fraction of sp³-hybridized carbons (Fsp3) is 0.250. The molecule has 0 radical (unpaired) electrons. The van der Waals surface area contributed by atoms with E-state index >= 15 is 0 Å². The second-order valence-corrected chi connectivity index (χ2v) is 2.91. The van der Waals surface area contributed by atoms with Crippen molar-refractivity contribution in [2.45, 2.75) is 13.1 Å². The van der Waals surface area contributed by atoms with E-state index in [1.807, 2.05) is 0 Å². The SMILES string of the molecule is Cc1ccnc2nc(C(F)(F)F)[nH]c12. The van der Waals surface area contributed by atoms with Crippen LogP contribution in [0.15, 0.2) is 12.3 Å². The van der Waals surface area contributed by atoms with Gasteiger partial charge in [0.1, 0.15) is 0 Å². The minimum atomic E-state index is -4.45. The number of alkyl halides is 3. The highest BCUT2D eigenvalue weighted by molar-refractivity contribution is 5.74. The molecule has 0 atom stereocenters. The minimum Gasteiger partial charge on any atom is -0.333 e. The molecule has 0 amide bonds. The van der Waals surface area contributed by atoms with Crippen LogP contribution in [0.3, 0.4) is 0 Å². The quantitative estimate of drug-likeness (QED) is 0.710. The molecule has 14 heavy (non-hydrogen) atoms. The summed E-state index contributed by atoms with van der Waals surface area (Å²) in [7, 11) is 0. The van der Waals surface area contributed by atoms with E-state index in [9.17, 15) is 13.2 Å². The highest BCUT2D eigenvalue weighted by Crippen LogP contribution is 2.28. The Hall–Kier alpha value is -1.59. The number of hydrogen-bond acceptors (Lipinski definition) is 2. The highest BCUT2D eigenvalue weighted by atomic mass is 19.4. The van der Waals surface area contributed by atoms with Crippen LogP contribution in [0.5, 0.6) is 0 Å². The molecular formula is C8H6F3N3. The third-order valence-electron chi connectivity index (χ3n) is 1.87. The average molecular weight is 201 g/mol. The standard InChI is InChI=1S/C8H6F3N3/c1-4-2-3-12-6-5(4)13-7(14-6)8(9,10)11/h2-3H,1H3,(H,12,13,14). The Morgan fingerprint density at radius 3 is 2.64 bits per heavy atom. The lowest BCUT2D eigenvalue weighted by molar-refractivity contribution is -0.144. The summed E-state index contributed by atoms with van der Waals surface area (Å²) in [5.74, 6) is -1.01. The van der Waals surface area contributed by atoms with Crippen LogP contribution < -0.4 is 0 Å². The van der Waals surface area contributed by atoms with Gasteiger partial charge in [0.05, 0.1) is 5.52 Å². The van der Waals surface area contributed by atoms with Crippen LogP contribution in [0.1, 0.15) is 11.4 Å². The molecule has 2 heterocycles. The van der Waals surface area contributed by atoms with Gasteiger partial charge in [-0.05, 0) is 18.6 Å². The van der Waals surface area contributed by atoms with Crippen molar-refractivity contribution in [1.82, 2.24) is 15.0 Å². The van der Waals surface area contributed by atoms with Crippen LogP contribution in [0.2, 0.25) is 0 Å². The zero-order chi connectivity index (χ0) is 10.3. The minimum absolute atomic E-state index is 0.0947. The molecule has 74 valence electrons. The molecular weight excluding hydrogens is 195 g/mol. The average Bonchev–Trinajstić information content (AvgIpc) is 2.48. The summed E-state index contributed by atoms with van der Waals surface area (Å²) in [6, 6.07) is 1.63. The van der Waals surface area contributed by atoms with Crippen LogP contribution in [0.25, 0.3) is 11.2 Å². The van der Waals surface area contributed by atoms with E-state index in [0.717, 1.165) is 0 Å². The zero-order valence-electron chi connectivity index (χ0n) is 7.18. The number of aromatic nitrogens is 3. The second-order valence-electron chi connectivity index (χ2n) is 2.91. The number of H-pyrrole nitrogens is 1. The van der Waals surface area contributed by atoms with Gasteiger partial charge in [0.15, 0.2) is 5.65 Å². The first kappa shape index (κ1) is 8.98. The van der Waals surface area contributed by atoms with Gasteiger partial charge in [-0.25, -0.2) is 9.97 Å². The van der Waals surface area contributed by atoms with Crippen molar-refractivity contribution >= 4 is 11.2 Å². The Balaban J connectivity index is 2.69. The number of nitrogens with one attached hydrogen (secondary N) is 1. The van der Waals surface area contributed by atoms with Crippen LogP contribution in [0, 0.1) is 6.92 Å². The predicted molar refractivity (Wildman–Crippen MR) is 43.6 cm³/mol. The number of rotatable bonds is 0. The predicted octanol–water partition coefficient (Wildman–Crippen LogP) is 2.29. The maximum Gasteiger partial charge on any atom is 0.449 e. The summed E-state index contributed by atoms with van der Waals surface area (Å²) in [4.78, 5) is 9.29. The molecule has 0 bridgehead atoms. The van der Waals surface area contributed by atoms with Gasteiger partial charge in [0.2, 0.25) is 5.82 Å². The van der Waals surface area contributed by atoms with Crippen molar-refractivity contribution in [3.8, 4) is 0 Å². The Kier molecular flexibility index (Phi) is 1.73. The van der Waals surface area contributed by atoms with Gasteiger partial charge >= 0.3 is 6.18 Å². The first-order chi connectivity index (χ1) is 6.48. The van der Waals surface area contributed by atoms with Crippen LogP contribution in [-0.2, 0) is 6.18 Å². The van der Waals surface area contributed by atoms with Gasteiger partial charge in [-0.2, -0.15) is 13.2 Å². The fourth-order valence-electron chi connectivity index (χ4n) is 1.17. The molecule has 0 fully saturated rings. The third-order valence-corrected chi connectivity index (χ3v) is 1.87. The topological polar surface area (TPSA) is 41.6 Å². The summed E-state index contributed by atoms with van der Waals surface area (Å²) in [5, 5.41) is 0. The van der Waals surface area contributed by atoms with Gasteiger partial charge in [-0.1, -0.05) is 0 Å². The summed E-state index contributed by atoms with van der Waals surface area (Å²) in [6.07, 6.45) is -3.02. The van der Waals surface area contributed by atoms with Gasteiger partial charge in [-0.3, -0.25) is 0 Å². The number of aromatic amines is 1. The lowest BCUT2D eigenvalue weighted by atomic mass is 10.3. The number of fused-ring (bicyclic) bond motifs is 1. The lowest BCUT2D eigenvalue weighted by Gasteiger charge is -1.99. The maximum absolute atomic E-state index is 12.2. The van der Waals surface area contributed by atoms with Crippen LogP contribution in [-0.4, -0.2) is 15.0 Å². The van der Waals surface area contributed by atoms with E-state index < -0.39 is 12.0 Å². The fourth-order valence-corrected chi connectivity index (χ4v) is 1.17. The van der Waals surface area contributed by atoms with Crippen molar-refractivity contribution in [1.29, 1.82) is 0 Å². The van der Waals surface area contributed by atoms with E-state index in [0.29, 0.717) is 11.1 Å². The molecule has 0 aliphatic carbocycles. The molecule has 0 aliphatic heterocycles. The first-order valence-corrected chi connectivity index (χ1v) is 3.87. The molecule has 2 aromatic rings. The number of hydrogen-bond donors (Lipinski definition) is 1. The van der Waals surface area contributed by atoms with Gasteiger partial charge in [-0.15, -0.1) is 0 Å². The lowest BCUT2D eigenvalue weighted by Crippen LogP contribution is -2.06. The van der Waals surface area contributed by atoms with Crippen molar-refractivity contribution < 1.29 is 13.2 Å². The largest absolute Gasteiger partial charge is 0.449 e. The summed E-state index contributed by atoms with van der Waals surface area (Å²) in [5.41, 5.74) is 1.12. The maximum atomic E-state index is 12.2. The van der Waals surface area contributed by atoms with Crippen molar-refractivity contribution in [2.75, 3.05) is 0 Å². The van der Waals surface area contributed by atoms with Crippen molar-refractivity contribution in [3.63, 3.8) is 0 Å². The smallest absolute Gasteiger partial charge is 0.333 e. The zero-order valence-corrected chi connectivity index (χ0v) is 7.18. The highest BCUT2D eigenvalue weighted by Gasteiger charge is 2.35. The van der Waals surface area contributed by atoms with Gasteiger partial charge in [0.25, 0.3) is 0 Å². The molecule has 0 unspecified atom stereocenters. The summed E-state index contributed by atoms with van der Waals surface area (Å²) >= 11 is 0. The van der Waals surface area contributed by atoms with E-state index in [1.54, 1.807) is 13.0 Å². The van der Waals surface area contributed by atoms with Gasteiger partial charge in [0, 0.05) is 6.20 Å². The number of nitrogens with zero attached hydrogens (tertiary/aromatic N) is 2. The third kappa shape index (κ3) is 1.32. The molecule has 0 spiro atoms. The Bertz CT molecular complexity index is 472. The summed E-state index contributed by atoms with van der Waals surface area (Å²) < 4.78 is 36.7. The van der Waals surface area contributed by atoms with Crippen LogP contribution in [0.4, 0.5) is 13.2 Å².